The van der Waals surface area contributed by atoms with Gasteiger partial charge in [-0.15, -0.1) is 0 Å². The molecule has 1 N–H and O–H groups in total. The van der Waals surface area contributed by atoms with Crippen LogP contribution in [-0.2, 0) is 11.3 Å². The smallest absolute Gasteiger partial charge is 0.407 e. The molecule has 2 aromatic rings. The van der Waals surface area contributed by atoms with Crippen molar-refractivity contribution in [2.45, 2.75) is 39.8 Å². The number of amides is 1. The molecule has 0 atom stereocenters. The number of hydrogen-bond donors (Lipinski definition) is 1. The van der Waals surface area contributed by atoms with E-state index in [0.717, 1.165) is 16.7 Å². The Bertz CT molecular complexity index is 766. The third kappa shape index (κ3) is 4.85. The van der Waals surface area contributed by atoms with Crippen LogP contribution in [0, 0.1) is 18.3 Å². The van der Waals surface area contributed by atoms with Crippen LogP contribution in [-0.4, -0.2) is 28.0 Å². The van der Waals surface area contributed by atoms with Crippen LogP contribution >= 0.6 is 0 Å². The second-order valence-corrected chi connectivity index (χ2v) is 6.58. The molecular formula is C18H22N4O2. The van der Waals surface area contributed by atoms with Gasteiger partial charge in [0.05, 0.1) is 24.4 Å². The minimum atomic E-state index is -0.512. The average Bonchev–Trinajstić information content (AvgIpc) is 2.94. The van der Waals surface area contributed by atoms with Gasteiger partial charge in [-0.3, -0.25) is 4.68 Å². The van der Waals surface area contributed by atoms with E-state index in [4.69, 9.17) is 4.74 Å². The summed E-state index contributed by atoms with van der Waals surface area (Å²) in [5, 5.41) is 16.2. The molecule has 0 spiro atoms. The van der Waals surface area contributed by atoms with Gasteiger partial charge in [0.15, 0.2) is 0 Å². The molecule has 0 aliphatic carbocycles. The molecule has 1 aromatic carbocycles. The summed E-state index contributed by atoms with van der Waals surface area (Å²) in [6.45, 7) is 8.38. The number of nitriles is 1. The maximum Gasteiger partial charge on any atom is 0.407 e. The maximum absolute atomic E-state index is 11.6. The predicted octanol–water partition coefficient (Wildman–Crippen LogP) is 3.25. The van der Waals surface area contributed by atoms with Crippen LogP contribution in [0.3, 0.4) is 0 Å². The van der Waals surface area contributed by atoms with Gasteiger partial charge in [0.2, 0.25) is 0 Å². The first-order valence-electron chi connectivity index (χ1n) is 7.79. The molecule has 6 heteroatoms. The Morgan fingerprint density at radius 1 is 1.42 bits per heavy atom. The van der Waals surface area contributed by atoms with Crippen molar-refractivity contribution in [3.05, 3.63) is 41.7 Å². The number of benzene rings is 1. The summed E-state index contributed by atoms with van der Waals surface area (Å²) >= 11 is 0. The summed E-state index contributed by atoms with van der Waals surface area (Å²) < 4.78 is 6.91. The molecule has 0 saturated carbocycles. The number of aryl methyl sites for hydroxylation is 1. The van der Waals surface area contributed by atoms with Gasteiger partial charge in [-0.25, -0.2) is 4.79 Å². The van der Waals surface area contributed by atoms with E-state index >= 15 is 0 Å². The minimum absolute atomic E-state index is 0.412. The van der Waals surface area contributed by atoms with Crippen molar-refractivity contribution >= 4 is 6.09 Å². The molecule has 1 aromatic heterocycles. The second kappa shape index (κ2) is 7.18. The Morgan fingerprint density at radius 3 is 2.83 bits per heavy atom. The number of alkyl carbamates (subject to hydrolysis) is 1. The van der Waals surface area contributed by atoms with E-state index in [-0.39, 0.29) is 0 Å². The SMILES string of the molecule is Cc1ccc(C#N)c(-c2cnn(CCNC(=O)OC(C)(C)C)c2)c1. The summed E-state index contributed by atoms with van der Waals surface area (Å²) in [4.78, 5) is 11.6. The van der Waals surface area contributed by atoms with Gasteiger partial charge in [0.25, 0.3) is 0 Å². The number of nitrogens with one attached hydrogen (secondary N) is 1. The molecule has 0 unspecified atom stereocenters. The van der Waals surface area contributed by atoms with Gasteiger partial charge < -0.3 is 10.1 Å². The standard InChI is InChI=1S/C18H22N4O2/c1-13-5-6-14(10-19)16(9-13)15-11-21-22(12-15)8-7-20-17(23)24-18(2,3)4/h5-6,9,11-12H,7-8H2,1-4H3,(H,20,23). The monoisotopic (exact) mass is 326 g/mol. The number of nitrogens with zero attached hydrogens (tertiary/aromatic N) is 3. The summed E-state index contributed by atoms with van der Waals surface area (Å²) in [5.74, 6) is 0. The van der Waals surface area contributed by atoms with Crippen LogP contribution in [0.1, 0.15) is 31.9 Å². The highest BCUT2D eigenvalue weighted by atomic mass is 16.6. The average molecular weight is 326 g/mol. The fraction of sp³-hybridized carbons (Fsp3) is 0.389. The third-order valence-electron chi connectivity index (χ3n) is 3.25. The molecular weight excluding hydrogens is 304 g/mol. The van der Waals surface area contributed by atoms with Gasteiger partial charge in [0.1, 0.15) is 5.60 Å². The maximum atomic E-state index is 11.6. The van der Waals surface area contributed by atoms with Crippen molar-refractivity contribution in [1.82, 2.24) is 15.1 Å². The van der Waals surface area contributed by atoms with Crippen LogP contribution < -0.4 is 5.32 Å². The lowest BCUT2D eigenvalue weighted by molar-refractivity contribution is 0.0525. The zero-order valence-electron chi connectivity index (χ0n) is 14.5. The molecule has 0 bridgehead atoms. The van der Waals surface area contributed by atoms with Crippen LogP contribution in [0.15, 0.2) is 30.6 Å². The summed E-state index contributed by atoms with van der Waals surface area (Å²) in [6, 6.07) is 7.90. The third-order valence-corrected chi connectivity index (χ3v) is 3.25. The van der Waals surface area contributed by atoms with E-state index in [1.807, 2.05) is 52.1 Å². The summed E-state index contributed by atoms with van der Waals surface area (Å²) in [6.07, 6.45) is 3.15. The Kier molecular flexibility index (Phi) is 5.24. The quantitative estimate of drug-likeness (QED) is 0.935. The Morgan fingerprint density at radius 2 is 2.17 bits per heavy atom. The molecule has 1 heterocycles. The minimum Gasteiger partial charge on any atom is -0.444 e. The first-order valence-corrected chi connectivity index (χ1v) is 7.79. The van der Waals surface area contributed by atoms with Crippen molar-refractivity contribution in [1.29, 1.82) is 5.26 Å². The first-order chi connectivity index (χ1) is 11.3. The van der Waals surface area contributed by atoms with Gasteiger partial charge >= 0.3 is 6.09 Å². The van der Waals surface area contributed by atoms with E-state index in [1.165, 1.54) is 0 Å². The molecule has 6 nitrogen and oxygen atoms in total. The van der Waals surface area contributed by atoms with E-state index in [1.54, 1.807) is 10.9 Å². The number of ether oxygens (including phenoxy) is 1. The summed E-state index contributed by atoms with van der Waals surface area (Å²) in [5.41, 5.74) is 2.94. The first kappa shape index (κ1) is 17.5. The van der Waals surface area contributed by atoms with Gasteiger partial charge in [0, 0.05) is 23.9 Å². The van der Waals surface area contributed by atoms with E-state index in [9.17, 15) is 10.1 Å². The zero-order chi connectivity index (χ0) is 17.7. The zero-order valence-corrected chi connectivity index (χ0v) is 14.5. The molecule has 2 rings (SSSR count). The Hall–Kier alpha value is -2.81. The van der Waals surface area contributed by atoms with Crippen LogP contribution in [0.25, 0.3) is 11.1 Å². The van der Waals surface area contributed by atoms with Gasteiger partial charge in [-0.1, -0.05) is 11.6 Å². The largest absolute Gasteiger partial charge is 0.444 e. The molecule has 24 heavy (non-hydrogen) atoms. The van der Waals surface area contributed by atoms with Crippen molar-refractivity contribution in [3.63, 3.8) is 0 Å². The molecule has 1 amide bonds. The lowest BCUT2D eigenvalue weighted by Gasteiger charge is -2.19. The van der Waals surface area contributed by atoms with E-state index in [2.05, 4.69) is 16.5 Å². The highest BCUT2D eigenvalue weighted by molar-refractivity contribution is 5.70. The molecule has 0 aliphatic heterocycles. The van der Waals surface area contributed by atoms with Gasteiger partial charge in [-0.2, -0.15) is 10.4 Å². The topological polar surface area (TPSA) is 79.9 Å². The lowest BCUT2D eigenvalue weighted by Crippen LogP contribution is -2.34. The van der Waals surface area contributed by atoms with Crippen molar-refractivity contribution in [2.24, 2.45) is 0 Å². The summed E-state index contributed by atoms with van der Waals surface area (Å²) in [7, 11) is 0. The fourth-order valence-electron chi connectivity index (χ4n) is 2.21. The highest BCUT2D eigenvalue weighted by Gasteiger charge is 2.15. The molecule has 0 saturated heterocycles. The second-order valence-electron chi connectivity index (χ2n) is 6.58. The number of aromatic nitrogens is 2. The predicted molar refractivity (Wildman–Crippen MR) is 91.4 cm³/mol. The highest BCUT2D eigenvalue weighted by Crippen LogP contribution is 2.24. The molecule has 0 aliphatic rings. The van der Waals surface area contributed by atoms with E-state index in [0.29, 0.717) is 18.7 Å². The number of rotatable bonds is 4. The van der Waals surface area contributed by atoms with E-state index < -0.39 is 11.7 Å². The van der Waals surface area contributed by atoms with Crippen molar-refractivity contribution in [2.75, 3.05) is 6.54 Å². The van der Waals surface area contributed by atoms with Crippen molar-refractivity contribution < 1.29 is 9.53 Å². The number of carbonyl (C=O) groups is 1. The Balaban J connectivity index is 1.98. The Labute approximate surface area is 142 Å². The molecule has 0 fully saturated rings. The van der Waals surface area contributed by atoms with Crippen LogP contribution in [0.5, 0.6) is 0 Å². The molecule has 0 radical (unpaired) electrons. The number of carbonyl (C=O) groups excluding carboxylic acids is 1. The van der Waals surface area contributed by atoms with Crippen LogP contribution in [0.2, 0.25) is 0 Å². The van der Waals surface area contributed by atoms with Gasteiger partial charge in [-0.05, 0) is 39.8 Å². The number of hydrogen-bond acceptors (Lipinski definition) is 4. The van der Waals surface area contributed by atoms with Crippen molar-refractivity contribution in [3.8, 4) is 17.2 Å². The lowest BCUT2D eigenvalue weighted by atomic mass is 10.0. The fourth-order valence-corrected chi connectivity index (χ4v) is 2.21. The molecule has 126 valence electrons. The van der Waals surface area contributed by atoms with Crippen LogP contribution in [0.4, 0.5) is 4.79 Å². The normalized spacial score (nSPS) is 11.0.